The van der Waals surface area contributed by atoms with Crippen molar-refractivity contribution in [2.75, 3.05) is 7.11 Å². The summed E-state index contributed by atoms with van der Waals surface area (Å²) in [6.07, 6.45) is 9.32. The topological polar surface area (TPSA) is 54.8 Å². The zero-order chi connectivity index (χ0) is 18.6. The van der Waals surface area contributed by atoms with Crippen molar-refractivity contribution < 1.29 is 9.53 Å². The van der Waals surface area contributed by atoms with Crippen molar-refractivity contribution in [3.8, 4) is 5.75 Å². The maximum absolute atomic E-state index is 13.2. The second-order valence-corrected chi connectivity index (χ2v) is 8.45. The molecule has 0 bridgehead atoms. The van der Waals surface area contributed by atoms with Crippen LogP contribution in [-0.2, 0) is 4.79 Å². The number of amides is 1. The van der Waals surface area contributed by atoms with Gasteiger partial charge in [-0.05, 0) is 48.4 Å². The van der Waals surface area contributed by atoms with Crippen LogP contribution in [-0.4, -0.2) is 34.1 Å². The number of methoxy groups -OCH3 is 1. The van der Waals surface area contributed by atoms with Gasteiger partial charge in [0.05, 0.1) is 12.0 Å². The van der Waals surface area contributed by atoms with Gasteiger partial charge in [-0.1, -0.05) is 31.4 Å². The van der Waals surface area contributed by atoms with Crippen LogP contribution in [0.4, 0.5) is 5.13 Å². The minimum absolute atomic E-state index is 0.0463. The number of carbonyl (C=O) groups is 1. The van der Waals surface area contributed by atoms with Gasteiger partial charge in [-0.2, -0.15) is 4.99 Å². The summed E-state index contributed by atoms with van der Waals surface area (Å²) < 4.78 is 5.29. The first-order valence-corrected chi connectivity index (χ1v) is 10.8. The van der Waals surface area contributed by atoms with E-state index in [0.717, 1.165) is 29.3 Å². The van der Waals surface area contributed by atoms with E-state index in [9.17, 15) is 4.79 Å². The first kappa shape index (κ1) is 18.3. The van der Waals surface area contributed by atoms with Gasteiger partial charge in [0.15, 0.2) is 5.17 Å². The van der Waals surface area contributed by atoms with E-state index in [1.54, 1.807) is 13.3 Å². The normalized spacial score (nSPS) is 21.4. The number of amidine groups is 1. The molecule has 0 N–H and O–H groups in total. The molecule has 5 nitrogen and oxygen atoms in total. The predicted molar refractivity (Wildman–Crippen MR) is 111 cm³/mol. The quantitative estimate of drug-likeness (QED) is 0.672. The molecule has 1 aromatic heterocycles. The van der Waals surface area contributed by atoms with Gasteiger partial charge in [-0.15, -0.1) is 11.3 Å². The SMILES string of the molecule is COc1cccc(/C=C2\S/C(=N/c3nccs3)N(C3CCCCC3)C2=O)c1. The number of benzene rings is 1. The Labute approximate surface area is 167 Å². The predicted octanol–water partition coefficient (Wildman–Crippen LogP) is 5.09. The van der Waals surface area contributed by atoms with Gasteiger partial charge in [0.25, 0.3) is 5.91 Å². The van der Waals surface area contributed by atoms with Crippen LogP contribution >= 0.6 is 23.1 Å². The molecular formula is C20H21N3O2S2. The summed E-state index contributed by atoms with van der Waals surface area (Å²) in [6, 6.07) is 7.97. The van der Waals surface area contributed by atoms with E-state index in [-0.39, 0.29) is 11.9 Å². The average molecular weight is 400 g/mol. The zero-order valence-electron chi connectivity index (χ0n) is 15.1. The summed E-state index contributed by atoms with van der Waals surface area (Å²) >= 11 is 2.92. The second kappa shape index (κ2) is 8.27. The summed E-state index contributed by atoms with van der Waals surface area (Å²) in [7, 11) is 1.64. The first-order chi connectivity index (χ1) is 13.2. The smallest absolute Gasteiger partial charge is 0.267 e. The highest BCUT2D eigenvalue weighted by Gasteiger charge is 2.38. The van der Waals surface area contributed by atoms with Crippen LogP contribution in [0, 0.1) is 0 Å². The molecule has 2 aliphatic rings. The molecule has 140 valence electrons. The molecule has 0 unspecified atom stereocenters. The fourth-order valence-corrected chi connectivity index (χ4v) is 5.06. The van der Waals surface area contributed by atoms with E-state index >= 15 is 0 Å². The summed E-state index contributed by atoms with van der Waals surface area (Å²) in [5.41, 5.74) is 0.948. The molecule has 1 amide bonds. The van der Waals surface area contributed by atoms with Crippen molar-refractivity contribution in [1.82, 2.24) is 9.88 Å². The highest BCUT2D eigenvalue weighted by atomic mass is 32.2. The summed E-state index contributed by atoms with van der Waals surface area (Å²) in [5, 5.41) is 3.34. The van der Waals surface area contributed by atoms with Crippen molar-refractivity contribution in [1.29, 1.82) is 0 Å². The van der Waals surface area contributed by atoms with Gasteiger partial charge in [-0.25, -0.2) is 4.98 Å². The largest absolute Gasteiger partial charge is 0.497 e. The number of thioether (sulfide) groups is 1. The lowest BCUT2D eigenvalue weighted by Crippen LogP contribution is -2.40. The Morgan fingerprint density at radius 1 is 1.30 bits per heavy atom. The molecule has 1 aliphatic carbocycles. The van der Waals surface area contributed by atoms with Crippen LogP contribution in [0.3, 0.4) is 0 Å². The number of rotatable bonds is 4. The van der Waals surface area contributed by atoms with Crippen LogP contribution in [0.1, 0.15) is 37.7 Å². The highest BCUT2D eigenvalue weighted by molar-refractivity contribution is 8.18. The zero-order valence-corrected chi connectivity index (χ0v) is 16.8. The first-order valence-electron chi connectivity index (χ1n) is 9.10. The Hall–Kier alpha value is -2.12. The fourth-order valence-electron chi connectivity index (χ4n) is 3.46. The average Bonchev–Trinajstić information content (AvgIpc) is 3.31. The third-order valence-electron chi connectivity index (χ3n) is 4.78. The Bertz CT molecular complexity index is 871. The number of aromatic nitrogens is 1. The Balaban J connectivity index is 1.68. The minimum Gasteiger partial charge on any atom is -0.497 e. The Morgan fingerprint density at radius 3 is 2.89 bits per heavy atom. The van der Waals surface area contributed by atoms with E-state index in [1.165, 1.54) is 42.4 Å². The van der Waals surface area contributed by atoms with Gasteiger partial charge in [0, 0.05) is 17.6 Å². The van der Waals surface area contributed by atoms with Crippen LogP contribution in [0.15, 0.2) is 45.7 Å². The maximum atomic E-state index is 13.2. The second-order valence-electron chi connectivity index (χ2n) is 6.56. The van der Waals surface area contributed by atoms with Crippen LogP contribution in [0.5, 0.6) is 5.75 Å². The van der Waals surface area contributed by atoms with Crippen LogP contribution < -0.4 is 4.74 Å². The van der Waals surface area contributed by atoms with E-state index in [0.29, 0.717) is 10.0 Å². The van der Waals surface area contributed by atoms with Gasteiger partial charge < -0.3 is 4.74 Å². The summed E-state index contributed by atoms with van der Waals surface area (Å²) in [4.78, 5) is 24.7. The highest BCUT2D eigenvalue weighted by Crippen LogP contribution is 2.38. The van der Waals surface area contributed by atoms with Crippen molar-refractivity contribution in [2.45, 2.75) is 38.1 Å². The van der Waals surface area contributed by atoms with Crippen LogP contribution in [0.25, 0.3) is 6.08 Å². The van der Waals surface area contributed by atoms with E-state index in [4.69, 9.17) is 4.74 Å². The van der Waals surface area contributed by atoms with Gasteiger partial charge in [0.1, 0.15) is 5.75 Å². The summed E-state index contributed by atoms with van der Waals surface area (Å²) in [6.45, 7) is 0. The number of ether oxygens (including phenoxy) is 1. The lowest BCUT2D eigenvalue weighted by molar-refractivity contribution is -0.124. The molecule has 2 fully saturated rings. The molecule has 1 saturated heterocycles. The molecular weight excluding hydrogens is 378 g/mol. The molecule has 7 heteroatoms. The molecule has 1 aliphatic heterocycles. The number of aliphatic imine (C=N–C) groups is 1. The maximum Gasteiger partial charge on any atom is 0.267 e. The lowest BCUT2D eigenvalue weighted by atomic mass is 9.94. The molecule has 2 aromatic rings. The molecule has 1 saturated carbocycles. The number of carbonyl (C=O) groups excluding carboxylic acids is 1. The minimum atomic E-state index is 0.0463. The van der Waals surface area contributed by atoms with Crippen molar-refractivity contribution in [3.63, 3.8) is 0 Å². The van der Waals surface area contributed by atoms with Crippen molar-refractivity contribution in [3.05, 3.63) is 46.3 Å². The van der Waals surface area contributed by atoms with Gasteiger partial charge in [0.2, 0.25) is 5.13 Å². The number of thiazole rings is 1. The standard InChI is InChI=1S/C20H21N3O2S2/c1-25-16-9-5-6-14(12-16)13-17-18(24)23(15-7-3-2-4-8-15)20(27-17)22-19-21-10-11-26-19/h5-6,9-13,15H,2-4,7-8H2,1H3/b17-13-,22-20+. The van der Waals surface area contributed by atoms with Gasteiger partial charge >= 0.3 is 0 Å². The number of hydrogen-bond donors (Lipinski definition) is 0. The number of hydrogen-bond acceptors (Lipinski definition) is 6. The molecule has 27 heavy (non-hydrogen) atoms. The third-order valence-corrected chi connectivity index (χ3v) is 6.43. The third kappa shape index (κ3) is 4.09. The fraction of sp³-hybridized carbons (Fsp3) is 0.350. The Kier molecular flexibility index (Phi) is 5.59. The van der Waals surface area contributed by atoms with E-state index in [2.05, 4.69) is 9.98 Å². The van der Waals surface area contributed by atoms with E-state index in [1.807, 2.05) is 40.6 Å². The monoisotopic (exact) mass is 399 g/mol. The molecule has 4 rings (SSSR count). The van der Waals surface area contributed by atoms with Gasteiger partial charge in [-0.3, -0.25) is 9.69 Å². The molecule has 2 heterocycles. The molecule has 1 aromatic carbocycles. The van der Waals surface area contributed by atoms with Crippen LogP contribution in [0.2, 0.25) is 0 Å². The number of nitrogens with zero attached hydrogens (tertiary/aromatic N) is 3. The molecule has 0 radical (unpaired) electrons. The van der Waals surface area contributed by atoms with Crippen molar-refractivity contribution in [2.24, 2.45) is 4.99 Å². The molecule has 0 atom stereocenters. The Morgan fingerprint density at radius 2 is 2.15 bits per heavy atom. The lowest BCUT2D eigenvalue weighted by Gasteiger charge is -2.30. The summed E-state index contributed by atoms with van der Waals surface area (Å²) in [5.74, 6) is 0.825. The molecule has 0 spiro atoms. The van der Waals surface area contributed by atoms with E-state index < -0.39 is 0 Å². The van der Waals surface area contributed by atoms with Crippen molar-refractivity contribution >= 4 is 45.4 Å².